The van der Waals surface area contributed by atoms with Crippen LogP contribution in [-0.2, 0) is 21.0 Å². The second kappa shape index (κ2) is 78.8. The number of halogens is 2. The lowest BCUT2D eigenvalue weighted by Crippen LogP contribution is -2.12. The van der Waals surface area contributed by atoms with Gasteiger partial charge in [0, 0.05) is 11.7 Å². The van der Waals surface area contributed by atoms with Gasteiger partial charge in [0.15, 0.2) is 7.14 Å². The van der Waals surface area contributed by atoms with Crippen molar-refractivity contribution in [3.63, 3.8) is 0 Å². The third-order valence-electron chi connectivity index (χ3n) is 6.73. The maximum atomic E-state index is 13.4. The fraction of sp³-hybridized carbons (Fsp3) is 0.507. The van der Waals surface area contributed by atoms with Gasteiger partial charge in [0.2, 0.25) is 0 Å². The van der Waals surface area contributed by atoms with Gasteiger partial charge in [0.1, 0.15) is 0 Å². The van der Waals surface area contributed by atoms with E-state index in [0.717, 1.165) is 13.3 Å². The average molecular weight is 1090 g/mol. The lowest BCUT2D eigenvalue weighted by atomic mass is 10.2. The van der Waals surface area contributed by atoms with Crippen molar-refractivity contribution in [2.45, 2.75) is 208 Å². The van der Waals surface area contributed by atoms with E-state index in [2.05, 4.69) is 174 Å². The molecule has 75 heavy (non-hydrogen) atoms. The van der Waals surface area contributed by atoms with Crippen LogP contribution in [0.25, 0.3) is 0 Å². The summed E-state index contributed by atoms with van der Waals surface area (Å²) in [5, 5.41) is 0. The van der Waals surface area contributed by atoms with Gasteiger partial charge >= 0.3 is 5.66 Å². The van der Waals surface area contributed by atoms with E-state index < -0.39 is 19.9 Å². The Balaban J connectivity index is -0.0000000788. The molecule has 5 rings (SSSR count). The molecule has 0 fully saturated rings. The van der Waals surface area contributed by atoms with E-state index in [1.165, 1.54) is 104 Å². The van der Waals surface area contributed by atoms with Crippen LogP contribution < -0.4 is 0 Å². The minimum atomic E-state index is -3.42. The molecule has 2 nitrogen and oxygen atoms in total. The van der Waals surface area contributed by atoms with Gasteiger partial charge in [-0.15, -0.1) is 19.7 Å². The Morgan fingerprint density at radius 3 is 0.747 bits per heavy atom. The topological polar surface area (TPSA) is 34.1 Å². The number of hydrogen-bond acceptors (Lipinski definition) is 2. The number of unbranched alkanes of at least 4 members (excludes halogenated alkanes) is 2. The van der Waals surface area contributed by atoms with Crippen LogP contribution in [0.4, 0.5) is 8.78 Å². The number of alkyl halides is 2. The molecule has 0 aliphatic carbocycles. The molecule has 436 valence electrons. The second-order valence-corrected chi connectivity index (χ2v) is 24.2. The van der Waals surface area contributed by atoms with E-state index in [4.69, 9.17) is 0 Å². The van der Waals surface area contributed by atoms with Crippen molar-refractivity contribution >= 4 is 14.3 Å². The van der Waals surface area contributed by atoms with Gasteiger partial charge in [-0.1, -0.05) is 343 Å². The van der Waals surface area contributed by atoms with Crippen molar-refractivity contribution in [3.8, 4) is 0 Å². The lowest BCUT2D eigenvalue weighted by Gasteiger charge is -2.20. The molecule has 6 heteroatoms. The monoisotopic (exact) mass is 1080 g/mol. The highest BCUT2D eigenvalue weighted by molar-refractivity contribution is 7.63. The summed E-state index contributed by atoms with van der Waals surface area (Å²) < 4.78 is 49.5. The Morgan fingerprint density at radius 1 is 0.427 bits per heavy atom. The number of benzene rings is 5. The van der Waals surface area contributed by atoms with Crippen molar-refractivity contribution in [3.05, 3.63) is 205 Å². The van der Waals surface area contributed by atoms with Crippen LogP contribution in [0.1, 0.15) is 203 Å². The summed E-state index contributed by atoms with van der Waals surface area (Å²) in [4.78, 5) is 0. The highest BCUT2D eigenvalue weighted by Crippen LogP contribution is 2.59. The maximum Gasteiger partial charge on any atom is 0.322 e. The van der Waals surface area contributed by atoms with Crippen molar-refractivity contribution in [2.75, 3.05) is 26.7 Å². The molecule has 0 heterocycles. The van der Waals surface area contributed by atoms with Gasteiger partial charge in [-0.05, 0) is 59.9 Å². The summed E-state index contributed by atoms with van der Waals surface area (Å²) in [6.45, 7) is 57.3. The quantitative estimate of drug-likeness (QED) is 0.125. The van der Waals surface area contributed by atoms with E-state index in [0.29, 0.717) is 6.16 Å². The standard InChI is InChI=1S/C9H11F2OP.C9H13OP.3C7H8.C5H12.6C3H8.C3H6.C2H6.C2H4/c1-13(2,12)9(10,11)8-6-4-3-5-7-8;1-11(2,10)8-9-6-4-3-5-7-9;3*1-7-5-3-2-4-6-7;1-3-5-4-2;7*1-3-2;2*1-2/h3-7H,1-2H3;3-7H,8H2,1-2H3;3*2-6H,1H3;3-5H2,1-2H3;6*3H2,1-2H3;3H,1H2,2H3;1-2H3;1-2H2. The second-order valence-electron chi connectivity index (χ2n) is 17.4. The van der Waals surface area contributed by atoms with Gasteiger partial charge in [-0.2, -0.15) is 8.78 Å². The normalized spacial score (nSPS) is 8.67. The van der Waals surface area contributed by atoms with Crippen LogP contribution in [0.3, 0.4) is 0 Å². The molecule has 0 N–H and O–H groups in total. The molecule has 0 unspecified atom stereocenters. The number of allylic oxidation sites excluding steroid dienone is 1. The molecule has 0 aliphatic heterocycles. The minimum Gasteiger partial charge on any atom is -0.324 e. The molecule has 0 saturated carbocycles. The summed E-state index contributed by atoms with van der Waals surface area (Å²) >= 11 is 0. The molecule has 0 bridgehead atoms. The van der Waals surface area contributed by atoms with Crippen LogP contribution in [0.15, 0.2) is 177 Å². The lowest BCUT2D eigenvalue weighted by molar-refractivity contribution is 0.0893. The number of aryl methyl sites for hydroxylation is 3. The summed E-state index contributed by atoms with van der Waals surface area (Å²) in [5.41, 5.74) is 1.74. The number of rotatable bonds is 6. The molecule has 0 aliphatic rings. The molecular weight excluding hydrogens is 961 g/mol. The fourth-order valence-corrected chi connectivity index (χ4v) is 5.79. The predicted octanol–water partition coefficient (Wildman–Crippen LogP) is 25.9. The van der Waals surface area contributed by atoms with Gasteiger partial charge < -0.3 is 9.13 Å². The molecule has 5 aromatic carbocycles. The molecule has 0 aromatic heterocycles. The van der Waals surface area contributed by atoms with Gasteiger partial charge in [0.05, 0.1) is 7.14 Å². The van der Waals surface area contributed by atoms with Crippen molar-refractivity contribution in [2.24, 2.45) is 0 Å². The Hall–Kier alpha value is -4.10. The smallest absolute Gasteiger partial charge is 0.322 e. The van der Waals surface area contributed by atoms with Crippen molar-refractivity contribution < 1.29 is 17.9 Å². The first-order chi connectivity index (χ1) is 35.4. The van der Waals surface area contributed by atoms with E-state index in [9.17, 15) is 17.9 Å². The van der Waals surface area contributed by atoms with Crippen LogP contribution in [0.2, 0.25) is 0 Å². The van der Waals surface area contributed by atoms with E-state index >= 15 is 0 Å². The van der Waals surface area contributed by atoms with E-state index in [1.807, 2.05) is 119 Å². The zero-order valence-electron chi connectivity index (χ0n) is 53.7. The van der Waals surface area contributed by atoms with Crippen molar-refractivity contribution in [1.82, 2.24) is 0 Å². The molecule has 0 atom stereocenters. The van der Waals surface area contributed by atoms with Crippen LogP contribution in [0.5, 0.6) is 0 Å². The average Bonchev–Trinajstić information content (AvgIpc) is 3.36. The predicted molar refractivity (Wildman–Crippen MR) is 352 cm³/mol. The van der Waals surface area contributed by atoms with Crippen LogP contribution in [0, 0.1) is 20.8 Å². The molecule has 0 spiro atoms. The van der Waals surface area contributed by atoms with Crippen LogP contribution >= 0.6 is 14.3 Å². The first kappa shape index (κ1) is 93.4. The maximum absolute atomic E-state index is 13.4. The Labute approximate surface area is 470 Å². The van der Waals surface area contributed by atoms with Crippen molar-refractivity contribution in [1.29, 1.82) is 0 Å². The van der Waals surface area contributed by atoms with E-state index in [-0.39, 0.29) is 5.56 Å². The highest BCUT2D eigenvalue weighted by Gasteiger charge is 2.44. The highest BCUT2D eigenvalue weighted by atomic mass is 31.2. The zero-order valence-corrected chi connectivity index (χ0v) is 55.5. The molecule has 0 amide bonds. The van der Waals surface area contributed by atoms with E-state index in [1.54, 1.807) is 12.1 Å². The largest absolute Gasteiger partial charge is 0.324 e. The molecule has 5 aromatic rings. The minimum absolute atomic E-state index is 0.177. The SMILES string of the molecule is C=C.C=CC.CC.CCC.CCC.CCC.CCC.CCC.CCC.CCCCC.CP(C)(=O)C(F)(F)c1ccccc1.CP(C)(=O)Cc1ccccc1.Cc1ccccc1.Cc1ccccc1.Cc1ccccc1. The molecular formula is C69H124F2O2P2. The first-order valence-electron chi connectivity index (χ1n) is 28.1. The molecule has 0 saturated heterocycles. The summed E-state index contributed by atoms with van der Waals surface area (Å²) in [6.07, 6.45) is 14.0. The third-order valence-corrected chi connectivity index (χ3v) is 9.47. The Bertz CT molecular complexity index is 1650. The summed E-state index contributed by atoms with van der Waals surface area (Å²) in [6, 6.07) is 48.0. The third kappa shape index (κ3) is 96.1. The Kier molecular flexibility index (Phi) is 98.1. The van der Waals surface area contributed by atoms with Crippen LogP contribution in [-0.4, -0.2) is 26.7 Å². The van der Waals surface area contributed by atoms with Gasteiger partial charge in [-0.25, -0.2) is 0 Å². The first-order valence-corrected chi connectivity index (χ1v) is 33.5. The Morgan fingerprint density at radius 2 is 0.613 bits per heavy atom. The summed E-state index contributed by atoms with van der Waals surface area (Å²) in [7, 11) is -5.31. The van der Waals surface area contributed by atoms with Gasteiger partial charge in [-0.3, -0.25) is 0 Å². The number of hydrogen-bond donors (Lipinski definition) is 0. The van der Waals surface area contributed by atoms with Gasteiger partial charge in [0.25, 0.3) is 0 Å². The molecule has 0 radical (unpaired) electrons. The fourth-order valence-electron chi connectivity index (χ4n) is 3.93. The zero-order chi connectivity index (χ0) is 60.8. The summed E-state index contributed by atoms with van der Waals surface area (Å²) in [5.74, 6) is 0.